The second-order valence-electron chi connectivity index (χ2n) is 7.31. The van der Waals surface area contributed by atoms with Gasteiger partial charge in [-0.05, 0) is 45.6 Å². The molecule has 5 nitrogen and oxygen atoms in total. The van der Waals surface area contributed by atoms with Crippen LogP contribution in [0.15, 0.2) is 30.3 Å². The molecule has 1 aromatic rings. The van der Waals surface area contributed by atoms with Crippen LogP contribution in [0.4, 0.5) is 0 Å². The Labute approximate surface area is 143 Å². The summed E-state index contributed by atoms with van der Waals surface area (Å²) < 4.78 is 10.8. The molecule has 1 aliphatic carbocycles. The van der Waals surface area contributed by atoms with Gasteiger partial charge in [-0.3, -0.25) is 9.59 Å². The summed E-state index contributed by atoms with van der Waals surface area (Å²) in [7, 11) is 0. The van der Waals surface area contributed by atoms with E-state index in [0.29, 0.717) is 12.8 Å². The third kappa shape index (κ3) is 5.34. The average Bonchev–Trinajstić information content (AvgIpc) is 2.51. The first-order chi connectivity index (χ1) is 11.3. The van der Waals surface area contributed by atoms with Crippen molar-refractivity contribution < 1.29 is 24.2 Å². The standard InChI is InChI=1S/C19H26O5/c1-19(2,3)24-18(22)15-10-9-14(20)11-16(15)17(21)23-12-13-7-5-4-6-8-13/h4-8,14-16,20H,9-12H2,1-3H3/t14-,15-,16-/m0/s1. The van der Waals surface area contributed by atoms with E-state index in [1.165, 1.54) is 0 Å². The highest BCUT2D eigenvalue weighted by atomic mass is 16.6. The minimum atomic E-state index is -0.660. The van der Waals surface area contributed by atoms with Gasteiger partial charge < -0.3 is 14.6 Å². The molecule has 3 atom stereocenters. The molecule has 1 aliphatic rings. The number of hydrogen-bond donors (Lipinski definition) is 1. The number of ether oxygens (including phenoxy) is 2. The summed E-state index contributed by atoms with van der Waals surface area (Å²) in [5.74, 6) is -2.06. The van der Waals surface area contributed by atoms with Crippen molar-refractivity contribution in [3.8, 4) is 0 Å². The second-order valence-corrected chi connectivity index (χ2v) is 7.31. The van der Waals surface area contributed by atoms with E-state index in [1.807, 2.05) is 30.3 Å². The molecule has 1 saturated carbocycles. The van der Waals surface area contributed by atoms with Gasteiger partial charge in [-0.25, -0.2) is 0 Å². The normalized spacial score (nSPS) is 24.2. The summed E-state index contributed by atoms with van der Waals surface area (Å²) in [5.41, 5.74) is 0.280. The van der Waals surface area contributed by atoms with Crippen molar-refractivity contribution in [3.63, 3.8) is 0 Å². The molecule has 0 aromatic heterocycles. The minimum absolute atomic E-state index is 0.160. The molecule has 0 aliphatic heterocycles. The smallest absolute Gasteiger partial charge is 0.310 e. The fourth-order valence-electron chi connectivity index (χ4n) is 2.90. The van der Waals surface area contributed by atoms with Crippen LogP contribution in [0.25, 0.3) is 0 Å². The van der Waals surface area contributed by atoms with E-state index in [9.17, 15) is 14.7 Å². The third-order valence-corrected chi connectivity index (χ3v) is 4.06. The van der Waals surface area contributed by atoms with Crippen LogP contribution in [-0.4, -0.2) is 28.8 Å². The van der Waals surface area contributed by atoms with Gasteiger partial charge in [0.25, 0.3) is 0 Å². The summed E-state index contributed by atoms with van der Waals surface area (Å²) in [5, 5.41) is 9.89. The third-order valence-electron chi connectivity index (χ3n) is 4.06. The first kappa shape index (κ1) is 18.5. The van der Waals surface area contributed by atoms with Crippen molar-refractivity contribution in [2.24, 2.45) is 11.8 Å². The Balaban J connectivity index is 2.02. The molecule has 0 bridgehead atoms. The number of carbonyl (C=O) groups excluding carboxylic acids is 2. The fourth-order valence-corrected chi connectivity index (χ4v) is 2.90. The first-order valence-electron chi connectivity index (χ1n) is 8.38. The van der Waals surface area contributed by atoms with Gasteiger partial charge in [-0.15, -0.1) is 0 Å². The molecule has 24 heavy (non-hydrogen) atoms. The van der Waals surface area contributed by atoms with E-state index in [0.717, 1.165) is 5.56 Å². The fraction of sp³-hybridized carbons (Fsp3) is 0.579. The summed E-state index contributed by atoms with van der Waals surface area (Å²) in [6, 6.07) is 9.37. The second kappa shape index (κ2) is 7.79. The van der Waals surface area contributed by atoms with E-state index in [4.69, 9.17) is 9.47 Å². The number of carbonyl (C=O) groups is 2. The van der Waals surface area contributed by atoms with Gasteiger partial charge in [0.2, 0.25) is 0 Å². The molecule has 0 heterocycles. The van der Waals surface area contributed by atoms with Gasteiger partial charge in [-0.1, -0.05) is 30.3 Å². The number of benzene rings is 1. The number of rotatable bonds is 4. The predicted molar refractivity (Wildman–Crippen MR) is 88.9 cm³/mol. The maximum Gasteiger partial charge on any atom is 0.310 e. The highest BCUT2D eigenvalue weighted by molar-refractivity contribution is 5.82. The molecule has 5 heteroatoms. The van der Waals surface area contributed by atoms with Gasteiger partial charge in [0.05, 0.1) is 17.9 Å². The number of aliphatic hydroxyl groups excluding tert-OH is 1. The lowest BCUT2D eigenvalue weighted by Crippen LogP contribution is -2.41. The Hall–Kier alpha value is -1.88. The van der Waals surface area contributed by atoms with Gasteiger partial charge in [0.15, 0.2) is 0 Å². The Bertz CT molecular complexity index is 561. The van der Waals surface area contributed by atoms with Crippen LogP contribution in [0.3, 0.4) is 0 Å². The Kier molecular flexibility index (Phi) is 5.99. The quantitative estimate of drug-likeness (QED) is 0.857. The van der Waals surface area contributed by atoms with Crippen molar-refractivity contribution in [3.05, 3.63) is 35.9 Å². The number of hydrogen-bond acceptors (Lipinski definition) is 5. The van der Waals surface area contributed by atoms with Gasteiger partial charge >= 0.3 is 11.9 Å². The van der Waals surface area contributed by atoms with Crippen LogP contribution in [0.2, 0.25) is 0 Å². The number of aliphatic hydroxyl groups is 1. The van der Waals surface area contributed by atoms with Crippen LogP contribution in [0, 0.1) is 11.8 Å². The van der Waals surface area contributed by atoms with Crippen LogP contribution in [0.5, 0.6) is 0 Å². The summed E-state index contributed by atoms with van der Waals surface area (Å²) >= 11 is 0. The molecule has 0 spiro atoms. The first-order valence-corrected chi connectivity index (χ1v) is 8.38. The zero-order chi connectivity index (χ0) is 17.7. The largest absolute Gasteiger partial charge is 0.461 e. The van der Waals surface area contributed by atoms with Crippen LogP contribution < -0.4 is 0 Å². The van der Waals surface area contributed by atoms with Crippen molar-refractivity contribution >= 4 is 11.9 Å². The molecule has 0 unspecified atom stereocenters. The average molecular weight is 334 g/mol. The molecule has 0 radical (unpaired) electrons. The molecule has 0 amide bonds. The van der Waals surface area contributed by atoms with Gasteiger partial charge in [-0.2, -0.15) is 0 Å². The summed E-state index contributed by atoms with van der Waals surface area (Å²) in [6.07, 6.45) is 0.573. The molecular formula is C19H26O5. The van der Waals surface area contributed by atoms with Crippen LogP contribution in [-0.2, 0) is 25.7 Å². The SMILES string of the molecule is CC(C)(C)OC(=O)[C@H]1CC[C@H](O)C[C@@H]1C(=O)OCc1ccccc1. The molecule has 132 valence electrons. The predicted octanol–water partition coefficient (Wildman–Crippen LogP) is 2.85. The van der Waals surface area contributed by atoms with Crippen molar-refractivity contribution in [2.75, 3.05) is 0 Å². The highest BCUT2D eigenvalue weighted by Crippen LogP contribution is 2.33. The van der Waals surface area contributed by atoms with E-state index in [2.05, 4.69) is 0 Å². The lowest BCUT2D eigenvalue weighted by atomic mass is 9.78. The molecular weight excluding hydrogens is 308 g/mol. The monoisotopic (exact) mass is 334 g/mol. The Morgan fingerprint density at radius 1 is 1.08 bits per heavy atom. The molecule has 2 rings (SSSR count). The molecule has 0 saturated heterocycles. The van der Waals surface area contributed by atoms with E-state index in [1.54, 1.807) is 20.8 Å². The van der Waals surface area contributed by atoms with Crippen molar-refractivity contribution in [2.45, 2.75) is 58.3 Å². The van der Waals surface area contributed by atoms with E-state index in [-0.39, 0.29) is 13.0 Å². The van der Waals surface area contributed by atoms with E-state index >= 15 is 0 Å². The maximum atomic E-state index is 12.5. The Morgan fingerprint density at radius 3 is 2.38 bits per heavy atom. The lowest BCUT2D eigenvalue weighted by Gasteiger charge is -2.33. The summed E-state index contributed by atoms with van der Waals surface area (Å²) in [6.45, 7) is 5.55. The number of esters is 2. The van der Waals surface area contributed by atoms with Crippen molar-refractivity contribution in [1.29, 1.82) is 0 Å². The van der Waals surface area contributed by atoms with Gasteiger partial charge in [0.1, 0.15) is 12.2 Å². The van der Waals surface area contributed by atoms with Crippen molar-refractivity contribution in [1.82, 2.24) is 0 Å². The zero-order valence-corrected chi connectivity index (χ0v) is 14.5. The lowest BCUT2D eigenvalue weighted by molar-refractivity contribution is -0.172. The summed E-state index contributed by atoms with van der Waals surface area (Å²) in [4.78, 5) is 24.9. The van der Waals surface area contributed by atoms with Gasteiger partial charge in [0, 0.05) is 0 Å². The minimum Gasteiger partial charge on any atom is -0.461 e. The Morgan fingerprint density at radius 2 is 1.75 bits per heavy atom. The molecule has 1 N–H and O–H groups in total. The van der Waals surface area contributed by atoms with Crippen LogP contribution >= 0.6 is 0 Å². The maximum absolute atomic E-state index is 12.5. The molecule has 1 aromatic carbocycles. The molecule has 1 fully saturated rings. The zero-order valence-electron chi connectivity index (χ0n) is 14.5. The van der Waals surface area contributed by atoms with Crippen LogP contribution in [0.1, 0.15) is 45.6 Å². The highest BCUT2D eigenvalue weighted by Gasteiger charge is 2.41. The topological polar surface area (TPSA) is 72.8 Å². The van der Waals surface area contributed by atoms with E-state index < -0.39 is 35.5 Å².